The first-order valence-corrected chi connectivity index (χ1v) is 4.93. The fourth-order valence-electron chi connectivity index (χ4n) is 1.16. The second-order valence-electron chi connectivity index (χ2n) is 3.83. The SMILES string of the molecule is CCC(NC(=O)C(C)C(=O)O)C(C)C. The van der Waals surface area contributed by atoms with Gasteiger partial charge in [0.2, 0.25) is 5.91 Å². The van der Waals surface area contributed by atoms with Crippen LogP contribution in [-0.4, -0.2) is 23.0 Å². The van der Waals surface area contributed by atoms with E-state index in [0.29, 0.717) is 5.92 Å². The lowest BCUT2D eigenvalue weighted by Gasteiger charge is -2.21. The van der Waals surface area contributed by atoms with Crippen molar-refractivity contribution in [3.05, 3.63) is 0 Å². The van der Waals surface area contributed by atoms with Crippen molar-refractivity contribution in [3.8, 4) is 0 Å². The molecule has 4 nitrogen and oxygen atoms in total. The summed E-state index contributed by atoms with van der Waals surface area (Å²) in [5.41, 5.74) is 0. The first-order chi connectivity index (χ1) is 6.40. The molecule has 2 atom stereocenters. The third kappa shape index (κ3) is 3.77. The van der Waals surface area contributed by atoms with E-state index in [0.717, 1.165) is 6.42 Å². The number of carbonyl (C=O) groups excluding carboxylic acids is 1. The van der Waals surface area contributed by atoms with E-state index < -0.39 is 17.8 Å². The summed E-state index contributed by atoms with van der Waals surface area (Å²) >= 11 is 0. The predicted octanol–water partition coefficient (Wildman–Crippen LogP) is 1.26. The number of hydrogen-bond donors (Lipinski definition) is 2. The fraction of sp³-hybridized carbons (Fsp3) is 0.800. The Labute approximate surface area is 84.7 Å². The molecule has 0 aliphatic rings. The molecule has 0 saturated carbocycles. The highest BCUT2D eigenvalue weighted by Crippen LogP contribution is 2.06. The molecule has 0 aliphatic carbocycles. The third-order valence-corrected chi connectivity index (χ3v) is 2.34. The van der Waals surface area contributed by atoms with Gasteiger partial charge in [-0.25, -0.2) is 0 Å². The molecule has 0 heterocycles. The molecule has 1 amide bonds. The highest BCUT2D eigenvalue weighted by molar-refractivity contribution is 5.96. The Morgan fingerprint density at radius 3 is 2.07 bits per heavy atom. The number of amides is 1. The van der Waals surface area contributed by atoms with Crippen LogP contribution >= 0.6 is 0 Å². The molecular weight excluding hydrogens is 182 g/mol. The average molecular weight is 201 g/mol. The lowest BCUT2D eigenvalue weighted by molar-refractivity contribution is -0.146. The maximum atomic E-state index is 11.4. The molecule has 0 aromatic rings. The van der Waals surface area contributed by atoms with E-state index in [-0.39, 0.29) is 6.04 Å². The van der Waals surface area contributed by atoms with E-state index in [2.05, 4.69) is 5.32 Å². The quantitative estimate of drug-likeness (QED) is 0.658. The van der Waals surface area contributed by atoms with Crippen LogP contribution in [0.3, 0.4) is 0 Å². The first-order valence-electron chi connectivity index (χ1n) is 4.93. The third-order valence-electron chi connectivity index (χ3n) is 2.34. The zero-order valence-electron chi connectivity index (χ0n) is 9.20. The van der Waals surface area contributed by atoms with Gasteiger partial charge in [-0.1, -0.05) is 20.8 Å². The lowest BCUT2D eigenvalue weighted by atomic mass is 10.0. The summed E-state index contributed by atoms with van der Waals surface area (Å²) in [7, 11) is 0. The summed E-state index contributed by atoms with van der Waals surface area (Å²) in [6, 6.07) is 0.0595. The Morgan fingerprint density at radius 2 is 1.79 bits per heavy atom. The maximum absolute atomic E-state index is 11.4. The van der Waals surface area contributed by atoms with Crippen molar-refractivity contribution in [1.29, 1.82) is 0 Å². The van der Waals surface area contributed by atoms with E-state index in [9.17, 15) is 9.59 Å². The van der Waals surface area contributed by atoms with Crippen LogP contribution in [0.1, 0.15) is 34.1 Å². The van der Waals surface area contributed by atoms with Gasteiger partial charge in [0.15, 0.2) is 0 Å². The minimum Gasteiger partial charge on any atom is -0.481 e. The molecule has 0 saturated heterocycles. The zero-order chi connectivity index (χ0) is 11.3. The van der Waals surface area contributed by atoms with Gasteiger partial charge in [-0.15, -0.1) is 0 Å². The van der Waals surface area contributed by atoms with Crippen LogP contribution in [0.15, 0.2) is 0 Å². The molecule has 0 rings (SSSR count). The lowest BCUT2D eigenvalue weighted by Crippen LogP contribution is -2.42. The number of carbonyl (C=O) groups is 2. The number of carboxylic acid groups (broad SMARTS) is 1. The molecule has 4 heteroatoms. The van der Waals surface area contributed by atoms with Gasteiger partial charge in [-0.3, -0.25) is 9.59 Å². The van der Waals surface area contributed by atoms with Crippen LogP contribution < -0.4 is 5.32 Å². The molecule has 0 radical (unpaired) electrons. The zero-order valence-corrected chi connectivity index (χ0v) is 9.20. The van der Waals surface area contributed by atoms with Gasteiger partial charge >= 0.3 is 5.97 Å². The van der Waals surface area contributed by atoms with Gasteiger partial charge in [0, 0.05) is 6.04 Å². The largest absolute Gasteiger partial charge is 0.481 e. The van der Waals surface area contributed by atoms with Crippen molar-refractivity contribution in [1.82, 2.24) is 5.32 Å². The monoisotopic (exact) mass is 201 g/mol. The van der Waals surface area contributed by atoms with E-state index in [1.54, 1.807) is 0 Å². The molecule has 0 spiro atoms. The summed E-state index contributed by atoms with van der Waals surface area (Å²) in [5.74, 6) is -2.13. The average Bonchev–Trinajstić information content (AvgIpc) is 2.11. The van der Waals surface area contributed by atoms with Crippen LogP contribution in [0.25, 0.3) is 0 Å². The second-order valence-corrected chi connectivity index (χ2v) is 3.83. The van der Waals surface area contributed by atoms with Crippen molar-refractivity contribution in [3.63, 3.8) is 0 Å². The molecule has 82 valence electrons. The number of aliphatic carboxylic acids is 1. The molecule has 2 N–H and O–H groups in total. The molecule has 14 heavy (non-hydrogen) atoms. The molecule has 0 bridgehead atoms. The topological polar surface area (TPSA) is 66.4 Å². The van der Waals surface area contributed by atoms with Crippen LogP contribution in [-0.2, 0) is 9.59 Å². The number of hydrogen-bond acceptors (Lipinski definition) is 2. The predicted molar refractivity (Wildman–Crippen MR) is 53.9 cm³/mol. The van der Waals surface area contributed by atoms with Gasteiger partial charge in [-0.05, 0) is 19.3 Å². The number of carboxylic acids is 1. The molecule has 0 aromatic heterocycles. The summed E-state index contributed by atoms with van der Waals surface area (Å²) in [6.45, 7) is 7.36. The summed E-state index contributed by atoms with van der Waals surface area (Å²) in [4.78, 5) is 21.9. The van der Waals surface area contributed by atoms with E-state index >= 15 is 0 Å². The Morgan fingerprint density at radius 1 is 1.29 bits per heavy atom. The van der Waals surface area contributed by atoms with Gasteiger partial charge in [0.25, 0.3) is 0 Å². The van der Waals surface area contributed by atoms with Crippen molar-refractivity contribution in [2.24, 2.45) is 11.8 Å². The minimum absolute atomic E-state index is 0.0595. The second kappa shape index (κ2) is 5.62. The van der Waals surface area contributed by atoms with E-state index in [1.807, 2.05) is 20.8 Å². The standard InChI is InChI=1S/C10H19NO3/c1-5-8(6(2)3)11-9(12)7(4)10(13)14/h6-8H,5H2,1-4H3,(H,11,12)(H,13,14). The van der Waals surface area contributed by atoms with E-state index in [1.165, 1.54) is 6.92 Å². The maximum Gasteiger partial charge on any atom is 0.315 e. The summed E-state index contributed by atoms with van der Waals surface area (Å²) in [6.07, 6.45) is 0.815. The van der Waals surface area contributed by atoms with Crippen molar-refractivity contribution < 1.29 is 14.7 Å². The minimum atomic E-state index is -1.08. The van der Waals surface area contributed by atoms with Crippen molar-refractivity contribution in [2.75, 3.05) is 0 Å². The number of nitrogens with one attached hydrogen (secondary N) is 1. The van der Waals surface area contributed by atoms with Gasteiger partial charge < -0.3 is 10.4 Å². The molecule has 0 aliphatic heterocycles. The van der Waals surface area contributed by atoms with Crippen molar-refractivity contribution >= 4 is 11.9 Å². The number of rotatable bonds is 5. The summed E-state index contributed by atoms with van der Waals surface area (Å²) in [5, 5.41) is 11.3. The van der Waals surface area contributed by atoms with Crippen LogP contribution in [0.4, 0.5) is 0 Å². The van der Waals surface area contributed by atoms with Gasteiger partial charge in [-0.2, -0.15) is 0 Å². The summed E-state index contributed by atoms with van der Waals surface area (Å²) < 4.78 is 0. The Kier molecular flexibility index (Phi) is 5.20. The normalized spacial score (nSPS) is 14.9. The smallest absolute Gasteiger partial charge is 0.315 e. The van der Waals surface area contributed by atoms with Gasteiger partial charge in [0.1, 0.15) is 5.92 Å². The Balaban J connectivity index is 4.22. The van der Waals surface area contributed by atoms with Gasteiger partial charge in [0.05, 0.1) is 0 Å². The Bertz CT molecular complexity index is 213. The molecular formula is C10H19NO3. The Hall–Kier alpha value is -1.06. The van der Waals surface area contributed by atoms with Crippen LogP contribution in [0.2, 0.25) is 0 Å². The molecule has 0 aromatic carbocycles. The molecule has 2 unspecified atom stereocenters. The fourth-order valence-corrected chi connectivity index (χ4v) is 1.16. The van der Waals surface area contributed by atoms with Crippen molar-refractivity contribution in [2.45, 2.75) is 40.2 Å². The molecule has 0 fully saturated rings. The van der Waals surface area contributed by atoms with Crippen LogP contribution in [0, 0.1) is 11.8 Å². The highest BCUT2D eigenvalue weighted by Gasteiger charge is 2.23. The van der Waals surface area contributed by atoms with E-state index in [4.69, 9.17) is 5.11 Å². The highest BCUT2D eigenvalue weighted by atomic mass is 16.4. The van der Waals surface area contributed by atoms with Crippen LogP contribution in [0.5, 0.6) is 0 Å². The first kappa shape index (κ1) is 12.9.